The molecule has 1 saturated heterocycles. The van der Waals surface area contributed by atoms with E-state index < -0.39 is 17.9 Å². The Balaban J connectivity index is 0.000000223. The van der Waals surface area contributed by atoms with Gasteiger partial charge in [0, 0.05) is 35.1 Å². The van der Waals surface area contributed by atoms with E-state index in [0.29, 0.717) is 24.2 Å². The van der Waals surface area contributed by atoms with Crippen LogP contribution in [0.5, 0.6) is 0 Å². The monoisotopic (exact) mass is 515 g/mol. The lowest BCUT2D eigenvalue weighted by Crippen LogP contribution is -2.11. The summed E-state index contributed by atoms with van der Waals surface area (Å²) in [6.45, 7) is 12.7. The number of nitrogens with zero attached hydrogens (tertiary/aromatic N) is 1. The minimum absolute atomic E-state index is 0.00844. The van der Waals surface area contributed by atoms with Crippen molar-refractivity contribution in [3.8, 4) is 0 Å². The molecule has 0 spiro atoms. The molecule has 0 saturated carbocycles. The van der Waals surface area contributed by atoms with Crippen LogP contribution in [0.3, 0.4) is 0 Å². The SMILES string of the molecule is C=C(C)C(=O)ON=Cc1c2ccccc2cc2ccccc12.C=C(CCOC(=O)C(=C)CC1CO1)C(=O)O. The van der Waals surface area contributed by atoms with Gasteiger partial charge in [-0.05, 0) is 34.5 Å². The van der Waals surface area contributed by atoms with Gasteiger partial charge >= 0.3 is 17.9 Å². The molecule has 1 atom stereocenters. The van der Waals surface area contributed by atoms with Crippen LogP contribution >= 0.6 is 0 Å². The summed E-state index contributed by atoms with van der Waals surface area (Å²) in [6.07, 6.45) is 2.27. The van der Waals surface area contributed by atoms with Crippen molar-refractivity contribution in [3.63, 3.8) is 0 Å². The third-order valence-corrected chi connectivity index (χ3v) is 5.58. The second-order valence-electron chi connectivity index (χ2n) is 8.68. The van der Waals surface area contributed by atoms with Gasteiger partial charge in [-0.15, -0.1) is 0 Å². The van der Waals surface area contributed by atoms with Crippen molar-refractivity contribution in [2.24, 2.45) is 5.16 Å². The van der Waals surface area contributed by atoms with E-state index in [4.69, 9.17) is 19.4 Å². The number of carboxylic acids is 1. The molecule has 3 aromatic rings. The molecule has 8 nitrogen and oxygen atoms in total. The fraction of sp³-hybridized carbons (Fsp3) is 0.200. The number of ether oxygens (including phenoxy) is 2. The average Bonchev–Trinajstić information content (AvgIpc) is 3.72. The zero-order chi connectivity index (χ0) is 27.7. The number of hydrogen-bond donors (Lipinski definition) is 1. The Labute approximate surface area is 220 Å². The Morgan fingerprint density at radius 3 is 2.11 bits per heavy atom. The van der Waals surface area contributed by atoms with Gasteiger partial charge in [-0.25, -0.2) is 14.4 Å². The molecule has 4 rings (SSSR count). The zero-order valence-electron chi connectivity index (χ0n) is 21.1. The van der Waals surface area contributed by atoms with E-state index in [1.54, 1.807) is 13.1 Å². The smallest absolute Gasteiger partial charge is 0.360 e. The fourth-order valence-electron chi connectivity index (χ4n) is 3.41. The first-order valence-corrected chi connectivity index (χ1v) is 11.9. The number of benzene rings is 3. The summed E-state index contributed by atoms with van der Waals surface area (Å²) in [7, 11) is 0. The summed E-state index contributed by atoms with van der Waals surface area (Å²) in [5.74, 6) is -2.12. The Bertz CT molecular complexity index is 1380. The molecular formula is C30H29NO7. The fourth-order valence-corrected chi connectivity index (χ4v) is 3.41. The Morgan fingerprint density at radius 1 is 1.00 bits per heavy atom. The highest BCUT2D eigenvalue weighted by Gasteiger charge is 2.25. The highest BCUT2D eigenvalue weighted by molar-refractivity contribution is 6.13. The van der Waals surface area contributed by atoms with Gasteiger partial charge in [-0.2, -0.15) is 0 Å². The van der Waals surface area contributed by atoms with Gasteiger partial charge in [0.1, 0.15) is 0 Å². The van der Waals surface area contributed by atoms with Gasteiger partial charge in [-0.1, -0.05) is 73.4 Å². The topological polar surface area (TPSA) is 115 Å². The van der Waals surface area contributed by atoms with Crippen LogP contribution in [0.4, 0.5) is 0 Å². The predicted octanol–water partition coefficient (Wildman–Crippen LogP) is 5.35. The summed E-state index contributed by atoms with van der Waals surface area (Å²) in [5, 5.41) is 16.7. The first-order valence-electron chi connectivity index (χ1n) is 11.9. The quantitative estimate of drug-likeness (QED) is 0.0736. The third kappa shape index (κ3) is 7.97. The normalized spacial score (nSPS) is 13.9. The number of esters is 1. The zero-order valence-corrected chi connectivity index (χ0v) is 21.1. The molecule has 0 aliphatic carbocycles. The maximum Gasteiger partial charge on any atom is 0.360 e. The van der Waals surface area contributed by atoms with E-state index in [1.165, 1.54) is 0 Å². The first kappa shape index (κ1) is 28.0. The van der Waals surface area contributed by atoms with Crippen LogP contribution < -0.4 is 0 Å². The lowest BCUT2D eigenvalue weighted by molar-refractivity contribution is -0.140. The summed E-state index contributed by atoms with van der Waals surface area (Å²) >= 11 is 0. The molecule has 0 aromatic heterocycles. The van der Waals surface area contributed by atoms with Gasteiger partial charge in [0.15, 0.2) is 0 Å². The maximum atomic E-state index is 11.4. The number of rotatable bonds is 10. The number of fused-ring (bicyclic) bond motifs is 2. The van der Waals surface area contributed by atoms with Crippen molar-refractivity contribution < 1.29 is 33.8 Å². The summed E-state index contributed by atoms with van der Waals surface area (Å²) in [5.41, 5.74) is 1.62. The molecular weight excluding hydrogens is 486 g/mol. The molecule has 0 bridgehead atoms. The first-order chi connectivity index (χ1) is 18.2. The minimum Gasteiger partial charge on any atom is -0.478 e. The molecule has 1 unspecified atom stereocenters. The Morgan fingerprint density at radius 2 is 1.58 bits per heavy atom. The van der Waals surface area contributed by atoms with Crippen LogP contribution in [0, 0.1) is 0 Å². The van der Waals surface area contributed by atoms with Crippen LogP contribution in [0.1, 0.15) is 25.3 Å². The number of hydrogen-bond acceptors (Lipinski definition) is 7. The number of carbonyl (C=O) groups excluding carboxylic acids is 2. The van der Waals surface area contributed by atoms with Crippen molar-refractivity contribution in [2.45, 2.75) is 25.9 Å². The van der Waals surface area contributed by atoms with E-state index in [2.05, 4.69) is 43.1 Å². The van der Waals surface area contributed by atoms with Crippen molar-refractivity contribution in [3.05, 3.63) is 96.6 Å². The number of carbonyl (C=O) groups is 3. The molecule has 1 fully saturated rings. The largest absolute Gasteiger partial charge is 0.478 e. The van der Waals surface area contributed by atoms with Gasteiger partial charge in [0.25, 0.3) is 0 Å². The number of carboxylic acid groups (broad SMARTS) is 1. The van der Waals surface area contributed by atoms with Crippen molar-refractivity contribution in [1.29, 1.82) is 0 Å². The average molecular weight is 516 g/mol. The summed E-state index contributed by atoms with van der Waals surface area (Å²) in [4.78, 5) is 38.0. The number of aliphatic carboxylic acids is 1. The standard InChI is InChI=1S/C19H15NO2.C11H14O5/c1-13(2)19(21)22-20-12-18-16-9-5-3-7-14(16)11-15-8-4-6-10-17(15)18;1-7(10(12)13)3-4-15-11(14)8(2)5-9-6-16-9/h3-12H,1H2,2H3;9H,1-6H2,(H,12,13). The third-order valence-electron chi connectivity index (χ3n) is 5.58. The molecule has 1 aliphatic heterocycles. The van der Waals surface area contributed by atoms with E-state index in [0.717, 1.165) is 27.1 Å². The molecule has 0 radical (unpaired) electrons. The second-order valence-corrected chi connectivity index (χ2v) is 8.68. The Hall–Kier alpha value is -4.56. The lowest BCUT2D eigenvalue weighted by Gasteiger charge is -2.07. The Kier molecular flexibility index (Phi) is 9.67. The number of epoxide rings is 1. The van der Waals surface area contributed by atoms with E-state index >= 15 is 0 Å². The molecule has 1 N–H and O–H groups in total. The van der Waals surface area contributed by atoms with Crippen LogP contribution in [0.2, 0.25) is 0 Å². The van der Waals surface area contributed by atoms with Crippen LogP contribution in [-0.2, 0) is 28.7 Å². The van der Waals surface area contributed by atoms with Crippen molar-refractivity contribution in [1.82, 2.24) is 0 Å². The molecule has 8 heteroatoms. The van der Waals surface area contributed by atoms with Gasteiger partial charge in [0.2, 0.25) is 0 Å². The van der Waals surface area contributed by atoms with Crippen molar-refractivity contribution in [2.75, 3.05) is 13.2 Å². The minimum atomic E-state index is -1.08. The van der Waals surface area contributed by atoms with E-state index in [1.807, 2.05) is 36.4 Å². The van der Waals surface area contributed by atoms with Gasteiger partial charge in [0.05, 0.1) is 25.5 Å². The second kappa shape index (κ2) is 13.1. The van der Waals surface area contributed by atoms with Crippen molar-refractivity contribution >= 4 is 45.7 Å². The van der Waals surface area contributed by atoms with Crippen LogP contribution in [0.15, 0.2) is 96.2 Å². The molecule has 1 aliphatic rings. The molecule has 196 valence electrons. The highest BCUT2D eigenvalue weighted by Crippen LogP contribution is 2.27. The van der Waals surface area contributed by atoms with Gasteiger partial charge < -0.3 is 19.4 Å². The number of oxime groups is 1. The van der Waals surface area contributed by atoms with E-state index in [-0.39, 0.29) is 24.7 Å². The molecule has 1 heterocycles. The van der Waals surface area contributed by atoms with E-state index in [9.17, 15) is 14.4 Å². The lowest BCUT2D eigenvalue weighted by atomic mass is 9.97. The van der Waals surface area contributed by atoms with Crippen LogP contribution in [0.25, 0.3) is 21.5 Å². The molecule has 0 amide bonds. The molecule has 3 aromatic carbocycles. The highest BCUT2D eigenvalue weighted by atomic mass is 16.7. The predicted molar refractivity (Wildman–Crippen MR) is 146 cm³/mol. The maximum absolute atomic E-state index is 11.4. The summed E-state index contributed by atoms with van der Waals surface area (Å²) in [6, 6.07) is 18.3. The van der Waals surface area contributed by atoms with Crippen LogP contribution in [-0.4, -0.2) is 48.5 Å². The van der Waals surface area contributed by atoms with Gasteiger partial charge in [-0.3, -0.25) is 0 Å². The molecule has 38 heavy (non-hydrogen) atoms. The summed E-state index contributed by atoms with van der Waals surface area (Å²) < 4.78 is 9.78.